The second kappa shape index (κ2) is 5.08. The van der Waals surface area contributed by atoms with Gasteiger partial charge in [-0.2, -0.15) is 0 Å². The highest BCUT2D eigenvalue weighted by atomic mass is 19.1. The van der Waals surface area contributed by atoms with Crippen LogP contribution in [0.5, 0.6) is 0 Å². The third kappa shape index (κ3) is 2.39. The molecule has 0 N–H and O–H groups in total. The topological polar surface area (TPSA) is 29.5 Å². The molecule has 0 saturated carbocycles. The molecule has 0 unspecified atom stereocenters. The Hall–Kier alpha value is -1.58. The van der Waals surface area contributed by atoms with Crippen molar-refractivity contribution in [1.82, 2.24) is 0 Å². The first-order chi connectivity index (χ1) is 9.27. The number of benzene rings is 1. The molecule has 2 rings (SSSR count). The lowest BCUT2D eigenvalue weighted by atomic mass is 9.79. The highest BCUT2D eigenvalue weighted by molar-refractivity contribution is 5.81. The summed E-state index contributed by atoms with van der Waals surface area (Å²) >= 11 is 0. The third-order valence-electron chi connectivity index (χ3n) is 4.17. The van der Waals surface area contributed by atoms with Crippen LogP contribution in [0.2, 0.25) is 0 Å². The van der Waals surface area contributed by atoms with Crippen molar-refractivity contribution in [1.29, 1.82) is 0 Å². The zero-order valence-electron chi connectivity index (χ0n) is 12.7. The molecule has 1 aromatic rings. The van der Waals surface area contributed by atoms with Gasteiger partial charge in [0.05, 0.1) is 7.11 Å². The first kappa shape index (κ1) is 14.8. The number of ether oxygens (including phenoxy) is 1. The maximum atomic E-state index is 13.5. The Morgan fingerprint density at radius 2 is 2.15 bits per heavy atom. The van der Waals surface area contributed by atoms with Crippen molar-refractivity contribution in [3.63, 3.8) is 0 Å². The van der Waals surface area contributed by atoms with Gasteiger partial charge < -0.3 is 9.64 Å². The summed E-state index contributed by atoms with van der Waals surface area (Å²) in [5.41, 5.74) is 1.70. The average molecular weight is 279 g/mol. The zero-order valence-corrected chi connectivity index (χ0v) is 12.7. The Morgan fingerprint density at radius 3 is 2.75 bits per heavy atom. The van der Waals surface area contributed by atoms with E-state index in [9.17, 15) is 9.18 Å². The molecular weight excluding hydrogens is 257 g/mol. The number of methoxy groups -OCH3 is 1. The molecule has 0 saturated heterocycles. The molecule has 1 aliphatic heterocycles. The van der Waals surface area contributed by atoms with E-state index < -0.39 is 6.04 Å². The lowest BCUT2D eigenvalue weighted by Crippen LogP contribution is -2.55. The summed E-state index contributed by atoms with van der Waals surface area (Å²) in [6.45, 7) is 8.14. The number of rotatable bonds is 2. The van der Waals surface area contributed by atoms with Gasteiger partial charge in [0.2, 0.25) is 0 Å². The number of nitrogens with zero attached hydrogens (tertiary/aromatic N) is 1. The summed E-state index contributed by atoms with van der Waals surface area (Å²) in [6.07, 6.45) is 0.866. The Morgan fingerprint density at radius 1 is 1.50 bits per heavy atom. The van der Waals surface area contributed by atoms with E-state index in [4.69, 9.17) is 4.74 Å². The number of hydrogen-bond acceptors (Lipinski definition) is 3. The molecule has 20 heavy (non-hydrogen) atoms. The Bertz CT molecular complexity index is 527. The van der Waals surface area contributed by atoms with Crippen LogP contribution in [-0.2, 0) is 9.53 Å². The minimum atomic E-state index is -0.397. The number of fused-ring (bicyclic) bond motifs is 1. The number of hydrogen-bond donors (Lipinski definition) is 0. The number of esters is 1. The van der Waals surface area contributed by atoms with Crippen molar-refractivity contribution >= 4 is 11.7 Å². The molecule has 0 amide bonds. The monoisotopic (exact) mass is 279 g/mol. The zero-order chi connectivity index (χ0) is 15.1. The summed E-state index contributed by atoms with van der Waals surface area (Å²) in [5, 5.41) is 0. The van der Waals surface area contributed by atoms with Gasteiger partial charge in [0, 0.05) is 11.2 Å². The van der Waals surface area contributed by atoms with Gasteiger partial charge in [-0.15, -0.1) is 0 Å². The fraction of sp³-hybridized carbons (Fsp3) is 0.562. The molecule has 4 heteroatoms. The third-order valence-corrected chi connectivity index (χ3v) is 4.17. The van der Waals surface area contributed by atoms with Crippen LogP contribution in [0.25, 0.3) is 0 Å². The van der Waals surface area contributed by atoms with Crippen LogP contribution in [0.1, 0.15) is 45.6 Å². The van der Waals surface area contributed by atoms with E-state index in [0.717, 1.165) is 17.7 Å². The van der Waals surface area contributed by atoms with Crippen LogP contribution in [0, 0.1) is 5.82 Å². The molecule has 0 fully saturated rings. The van der Waals surface area contributed by atoms with Crippen LogP contribution >= 0.6 is 0 Å². The van der Waals surface area contributed by atoms with Gasteiger partial charge in [-0.25, -0.2) is 9.18 Å². The Balaban J connectivity index is 2.54. The predicted octanol–water partition coefficient (Wildman–Crippen LogP) is 3.48. The van der Waals surface area contributed by atoms with Crippen molar-refractivity contribution in [3.8, 4) is 0 Å². The first-order valence-corrected chi connectivity index (χ1v) is 6.94. The Kier molecular flexibility index (Phi) is 3.76. The van der Waals surface area contributed by atoms with E-state index in [1.165, 1.54) is 13.2 Å². The molecule has 3 nitrogen and oxygen atoms in total. The summed E-state index contributed by atoms with van der Waals surface area (Å²) < 4.78 is 18.4. The highest BCUT2D eigenvalue weighted by Crippen LogP contribution is 2.44. The smallest absolute Gasteiger partial charge is 0.328 e. The Labute approximate surface area is 119 Å². The minimum absolute atomic E-state index is 0.183. The molecular formula is C16H22FNO2. The maximum absolute atomic E-state index is 13.5. The fourth-order valence-electron chi connectivity index (χ4n) is 3.43. The van der Waals surface area contributed by atoms with Gasteiger partial charge in [0.1, 0.15) is 11.9 Å². The van der Waals surface area contributed by atoms with Crippen molar-refractivity contribution in [2.45, 2.75) is 51.6 Å². The maximum Gasteiger partial charge on any atom is 0.328 e. The van der Waals surface area contributed by atoms with E-state index in [1.54, 1.807) is 12.1 Å². The average Bonchev–Trinajstić information content (AvgIpc) is 2.37. The highest BCUT2D eigenvalue weighted by Gasteiger charge is 2.41. The lowest BCUT2D eigenvalue weighted by molar-refractivity contribution is -0.142. The van der Waals surface area contributed by atoms with E-state index >= 15 is 0 Å². The molecule has 1 heterocycles. The van der Waals surface area contributed by atoms with Crippen LogP contribution in [0.4, 0.5) is 10.1 Å². The van der Waals surface area contributed by atoms with Crippen LogP contribution < -0.4 is 4.90 Å². The van der Waals surface area contributed by atoms with Gasteiger partial charge in [-0.1, -0.05) is 6.92 Å². The standard InChI is InChI=1S/C16H22FNO2/c1-10-9-16(3,4)18(11(2)15(19)20-5)14-7-6-12(17)8-13(10)14/h6-8,10-11H,9H2,1-5H3/t10-,11+/m1/s1. The summed E-state index contributed by atoms with van der Waals surface area (Å²) in [5.74, 6) is -0.249. The van der Waals surface area contributed by atoms with E-state index in [2.05, 4.69) is 20.8 Å². The molecule has 2 atom stereocenters. The number of anilines is 1. The van der Waals surface area contributed by atoms with Crippen molar-refractivity contribution in [2.75, 3.05) is 12.0 Å². The fourth-order valence-corrected chi connectivity index (χ4v) is 3.43. The quantitative estimate of drug-likeness (QED) is 0.776. The van der Waals surface area contributed by atoms with E-state index in [0.29, 0.717) is 0 Å². The lowest BCUT2D eigenvalue weighted by Gasteiger charge is -2.49. The van der Waals surface area contributed by atoms with Gasteiger partial charge in [0.25, 0.3) is 0 Å². The number of carbonyl (C=O) groups excluding carboxylic acids is 1. The second-order valence-electron chi connectivity index (χ2n) is 6.19. The van der Waals surface area contributed by atoms with Gasteiger partial charge in [0.15, 0.2) is 0 Å². The van der Waals surface area contributed by atoms with Gasteiger partial charge in [-0.05, 0) is 56.9 Å². The first-order valence-electron chi connectivity index (χ1n) is 6.94. The van der Waals surface area contributed by atoms with Crippen LogP contribution in [0.15, 0.2) is 18.2 Å². The van der Waals surface area contributed by atoms with Crippen LogP contribution in [-0.4, -0.2) is 24.7 Å². The molecule has 110 valence electrons. The summed E-state index contributed by atoms with van der Waals surface area (Å²) in [4.78, 5) is 14.0. The minimum Gasteiger partial charge on any atom is -0.467 e. The molecule has 0 aromatic heterocycles. The van der Waals surface area contributed by atoms with E-state index in [-0.39, 0.29) is 23.2 Å². The van der Waals surface area contributed by atoms with Gasteiger partial charge >= 0.3 is 5.97 Å². The van der Waals surface area contributed by atoms with Crippen molar-refractivity contribution in [2.24, 2.45) is 0 Å². The molecule has 0 bridgehead atoms. The molecule has 1 aliphatic rings. The predicted molar refractivity (Wildman–Crippen MR) is 77.5 cm³/mol. The van der Waals surface area contributed by atoms with Crippen molar-refractivity contribution in [3.05, 3.63) is 29.6 Å². The molecule has 0 aliphatic carbocycles. The SMILES string of the molecule is COC(=O)[C@H](C)N1c2ccc(F)cc2[C@H](C)CC1(C)C. The van der Waals surface area contributed by atoms with Crippen molar-refractivity contribution < 1.29 is 13.9 Å². The van der Waals surface area contributed by atoms with Gasteiger partial charge in [-0.3, -0.25) is 0 Å². The largest absolute Gasteiger partial charge is 0.467 e. The molecule has 0 radical (unpaired) electrons. The summed E-state index contributed by atoms with van der Waals surface area (Å²) in [7, 11) is 1.39. The second-order valence-corrected chi connectivity index (χ2v) is 6.19. The molecule has 1 aromatic carbocycles. The number of halogens is 1. The molecule has 0 spiro atoms. The van der Waals surface area contributed by atoms with E-state index in [1.807, 2.05) is 11.8 Å². The summed E-state index contributed by atoms with van der Waals surface area (Å²) in [6, 6.07) is 4.39. The van der Waals surface area contributed by atoms with Crippen LogP contribution in [0.3, 0.4) is 0 Å². The normalized spacial score (nSPS) is 22.1. The number of carbonyl (C=O) groups is 1.